The van der Waals surface area contributed by atoms with Crippen LogP contribution < -0.4 is 0 Å². The van der Waals surface area contributed by atoms with Gasteiger partial charge in [0.15, 0.2) is 0 Å². The molecule has 128 valence electrons. The summed E-state index contributed by atoms with van der Waals surface area (Å²) in [6.45, 7) is -0.848. The van der Waals surface area contributed by atoms with Crippen LogP contribution >= 0.6 is 34.8 Å². The number of hydrogen-bond acceptors (Lipinski definition) is 3. The van der Waals surface area contributed by atoms with Gasteiger partial charge in [0.05, 0.1) is 14.9 Å². The van der Waals surface area contributed by atoms with Crippen molar-refractivity contribution in [2.24, 2.45) is 0 Å². The molecule has 0 saturated carbocycles. The lowest BCUT2D eigenvalue weighted by Crippen LogP contribution is -2.35. The van der Waals surface area contributed by atoms with Crippen LogP contribution in [0.5, 0.6) is 0 Å². The molecule has 0 radical (unpaired) electrons. The minimum atomic E-state index is -4.02. The zero-order chi connectivity index (χ0) is 17.9. The van der Waals surface area contributed by atoms with E-state index < -0.39 is 22.5 Å². The third kappa shape index (κ3) is 4.62. The molecular formula is C15H12Cl3NO4S. The molecule has 9 heteroatoms. The summed E-state index contributed by atoms with van der Waals surface area (Å²) in [6.07, 6.45) is 0. The molecule has 1 N–H and O–H groups in total. The lowest BCUT2D eigenvalue weighted by atomic mass is 10.2. The number of carboxylic acid groups (broad SMARTS) is 1. The van der Waals surface area contributed by atoms with Gasteiger partial charge in [-0.3, -0.25) is 4.79 Å². The molecule has 24 heavy (non-hydrogen) atoms. The van der Waals surface area contributed by atoms with Gasteiger partial charge in [-0.05, 0) is 42.0 Å². The first-order valence-electron chi connectivity index (χ1n) is 6.61. The fourth-order valence-electron chi connectivity index (χ4n) is 1.97. The second-order valence-electron chi connectivity index (χ2n) is 4.87. The molecule has 0 aromatic heterocycles. The van der Waals surface area contributed by atoms with Crippen molar-refractivity contribution in [3.63, 3.8) is 0 Å². The van der Waals surface area contributed by atoms with Crippen molar-refractivity contribution in [2.45, 2.75) is 11.4 Å². The van der Waals surface area contributed by atoms with Crippen LogP contribution in [0.25, 0.3) is 0 Å². The van der Waals surface area contributed by atoms with Crippen molar-refractivity contribution in [3.05, 3.63) is 63.1 Å². The van der Waals surface area contributed by atoms with Gasteiger partial charge in [0.25, 0.3) is 0 Å². The van der Waals surface area contributed by atoms with E-state index in [1.54, 1.807) is 6.07 Å². The Hall–Kier alpha value is -1.31. The normalized spacial score (nSPS) is 11.7. The van der Waals surface area contributed by atoms with Gasteiger partial charge in [-0.1, -0.05) is 40.9 Å². The van der Waals surface area contributed by atoms with Gasteiger partial charge in [0.1, 0.15) is 6.54 Å². The van der Waals surface area contributed by atoms with Crippen molar-refractivity contribution >= 4 is 50.8 Å². The van der Waals surface area contributed by atoms with Crippen LogP contribution in [0.4, 0.5) is 0 Å². The number of carboxylic acids is 1. The van der Waals surface area contributed by atoms with E-state index >= 15 is 0 Å². The fourth-order valence-corrected chi connectivity index (χ4v) is 3.80. The summed E-state index contributed by atoms with van der Waals surface area (Å²) in [5.74, 6) is -1.27. The number of halogens is 3. The largest absolute Gasteiger partial charge is 0.480 e. The van der Waals surface area contributed by atoms with Crippen molar-refractivity contribution in [1.82, 2.24) is 4.31 Å². The molecular weight excluding hydrogens is 397 g/mol. The molecule has 0 bridgehead atoms. The molecule has 0 aliphatic rings. The molecule has 2 aromatic carbocycles. The van der Waals surface area contributed by atoms with Crippen LogP contribution in [0.2, 0.25) is 15.1 Å². The van der Waals surface area contributed by atoms with E-state index in [2.05, 4.69) is 0 Å². The third-order valence-corrected chi connectivity index (χ3v) is 5.90. The Morgan fingerprint density at radius 3 is 2.17 bits per heavy atom. The van der Waals surface area contributed by atoms with Gasteiger partial charge in [-0.25, -0.2) is 8.42 Å². The van der Waals surface area contributed by atoms with Gasteiger partial charge in [-0.15, -0.1) is 0 Å². The van der Waals surface area contributed by atoms with E-state index in [1.807, 2.05) is 0 Å². The number of nitrogens with zero attached hydrogens (tertiary/aromatic N) is 1. The highest BCUT2D eigenvalue weighted by molar-refractivity contribution is 7.89. The number of rotatable bonds is 6. The molecule has 0 saturated heterocycles. The van der Waals surface area contributed by atoms with Crippen LogP contribution in [-0.4, -0.2) is 30.3 Å². The average Bonchev–Trinajstić information content (AvgIpc) is 2.50. The fraction of sp³-hybridized carbons (Fsp3) is 0.133. The number of sulfonamides is 1. The molecule has 0 spiro atoms. The van der Waals surface area contributed by atoms with Crippen LogP contribution in [0.15, 0.2) is 47.4 Å². The molecule has 0 amide bonds. The van der Waals surface area contributed by atoms with Crippen LogP contribution in [0.3, 0.4) is 0 Å². The number of aliphatic carboxylic acids is 1. The molecule has 2 aromatic rings. The minimum Gasteiger partial charge on any atom is -0.480 e. The van der Waals surface area contributed by atoms with E-state index in [4.69, 9.17) is 39.9 Å². The molecule has 0 aliphatic carbocycles. The second-order valence-corrected chi connectivity index (χ2v) is 8.06. The quantitative estimate of drug-likeness (QED) is 0.786. The summed E-state index contributed by atoms with van der Waals surface area (Å²) in [4.78, 5) is 11.0. The van der Waals surface area contributed by atoms with Gasteiger partial charge in [0, 0.05) is 11.6 Å². The summed E-state index contributed by atoms with van der Waals surface area (Å²) >= 11 is 17.5. The maximum absolute atomic E-state index is 12.7. The monoisotopic (exact) mass is 407 g/mol. The summed E-state index contributed by atoms with van der Waals surface area (Å²) in [5.41, 5.74) is 0.517. The smallest absolute Gasteiger partial charge is 0.318 e. The Morgan fingerprint density at radius 1 is 1.00 bits per heavy atom. The van der Waals surface area contributed by atoms with Crippen molar-refractivity contribution in [3.8, 4) is 0 Å². The predicted octanol–water partition coefficient (Wildman–Crippen LogP) is 3.92. The van der Waals surface area contributed by atoms with Crippen LogP contribution in [0.1, 0.15) is 5.56 Å². The highest BCUT2D eigenvalue weighted by Gasteiger charge is 2.27. The Morgan fingerprint density at radius 2 is 1.62 bits per heavy atom. The van der Waals surface area contributed by atoms with E-state index in [1.165, 1.54) is 36.4 Å². The Balaban J connectivity index is 2.38. The molecule has 5 nitrogen and oxygen atoms in total. The summed E-state index contributed by atoms with van der Waals surface area (Å²) in [5, 5.41) is 10.0. The maximum atomic E-state index is 12.7. The lowest BCUT2D eigenvalue weighted by Gasteiger charge is -2.20. The second kappa shape index (κ2) is 7.72. The molecule has 0 atom stereocenters. The van der Waals surface area contributed by atoms with E-state index in [-0.39, 0.29) is 16.5 Å². The first-order chi connectivity index (χ1) is 11.2. The van der Waals surface area contributed by atoms with Crippen LogP contribution in [0, 0.1) is 0 Å². The Bertz CT molecular complexity index is 854. The maximum Gasteiger partial charge on any atom is 0.318 e. The molecule has 0 fully saturated rings. The van der Waals surface area contributed by atoms with Gasteiger partial charge >= 0.3 is 5.97 Å². The Labute approximate surface area is 154 Å². The molecule has 0 heterocycles. The zero-order valence-electron chi connectivity index (χ0n) is 12.1. The molecule has 0 aliphatic heterocycles. The summed E-state index contributed by atoms with van der Waals surface area (Å²) < 4.78 is 26.2. The molecule has 0 unspecified atom stereocenters. The standard InChI is InChI=1S/C15H12Cl3NO4S/c16-11-2-4-12(5-3-11)24(22,23)19(9-15(20)21)8-10-1-6-13(17)14(18)7-10/h1-7H,8-9H2,(H,20,21). The predicted molar refractivity (Wildman–Crippen MR) is 93.1 cm³/mol. The molecule has 2 rings (SSSR count). The van der Waals surface area contributed by atoms with E-state index in [0.717, 1.165) is 4.31 Å². The average molecular weight is 409 g/mol. The number of carbonyl (C=O) groups is 1. The SMILES string of the molecule is O=C(O)CN(Cc1ccc(Cl)c(Cl)c1)S(=O)(=O)c1ccc(Cl)cc1. The Kier molecular flexibility index (Phi) is 6.11. The van der Waals surface area contributed by atoms with Gasteiger partial charge < -0.3 is 5.11 Å². The highest BCUT2D eigenvalue weighted by Crippen LogP contribution is 2.25. The van der Waals surface area contributed by atoms with Crippen molar-refractivity contribution < 1.29 is 18.3 Å². The van der Waals surface area contributed by atoms with Gasteiger partial charge in [-0.2, -0.15) is 4.31 Å². The minimum absolute atomic E-state index is 0.0480. The van der Waals surface area contributed by atoms with Crippen molar-refractivity contribution in [2.75, 3.05) is 6.54 Å². The summed E-state index contributed by atoms with van der Waals surface area (Å²) in [6, 6.07) is 10.1. The number of benzene rings is 2. The lowest BCUT2D eigenvalue weighted by molar-refractivity contribution is -0.137. The van der Waals surface area contributed by atoms with E-state index in [0.29, 0.717) is 15.6 Å². The van der Waals surface area contributed by atoms with Crippen LogP contribution in [-0.2, 0) is 21.4 Å². The third-order valence-electron chi connectivity index (χ3n) is 3.11. The number of hydrogen-bond donors (Lipinski definition) is 1. The zero-order valence-corrected chi connectivity index (χ0v) is 15.2. The van der Waals surface area contributed by atoms with Crippen molar-refractivity contribution in [1.29, 1.82) is 0 Å². The van der Waals surface area contributed by atoms with E-state index in [9.17, 15) is 13.2 Å². The first kappa shape index (κ1) is 19.0. The topological polar surface area (TPSA) is 74.7 Å². The highest BCUT2D eigenvalue weighted by atomic mass is 35.5. The summed E-state index contributed by atoms with van der Waals surface area (Å²) in [7, 11) is -4.02. The first-order valence-corrected chi connectivity index (χ1v) is 9.19. The van der Waals surface area contributed by atoms with Gasteiger partial charge in [0.2, 0.25) is 10.0 Å².